The van der Waals surface area contributed by atoms with E-state index >= 15 is 0 Å². The number of hydrogen-bond donors (Lipinski definition) is 0. The van der Waals surface area contributed by atoms with Gasteiger partial charge in [0.1, 0.15) is 5.75 Å². The standard InChI is InChI=1S/C20H25NO2/c1-4-6-7-16-8-13-19(21-14-16)17-9-11-18(12-10-17)23-20(22)15(3)5-2/h8-15H,4-7H2,1-3H3. The second-order valence-electron chi connectivity index (χ2n) is 5.91. The maximum atomic E-state index is 11.8. The molecule has 23 heavy (non-hydrogen) atoms. The van der Waals surface area contributed by atoms with E-state index in [-0.39, 0.29) is 11.9 Å². The summed E-state index contributed by atoms with van der Waals surface area (Å²) < 4.78 is 5.36. The zero-order chi connectivity index (χ0) is 16.7. The Morgan fingerprint density at radius 1 is 1.13 bits per heavy atom. The Morgan fingerprint density at radius 2 is 1.87 bits per heavy atom. The molecule has 0 spiro atoms. The Bertz CT molecular complexity index is 617. The SMILES string of the molecule is CCCCc1ccc(-c2ccc(OC(=O)C(C)CC)cc2)nc1. The van der Waals surface area contributed by atoms with E-state index in [1.807, 2.05) is 50.4 Å². The number of aromatic nitrogens is 1. The zero-order valence-electron chi connectivity index (χ0n) is 14.2. The highest BCUT2D eigenvalue weighted by atomic mass is 16.5. The summed E-state index contributed by atoms with van der Waals surface area (Å²) in [6, 6.07) is 11.7. The average Bonchev–Trinajstić information content (AvgIpc) is 2.60. The number of aryl methyl sites for hydroxylation is 1. The quantitative estimate of drug-likeness (QED) is 0.531. The minimum atomic E-state index is -0.182. The Morgan fingerprint density at radius 3 is 2.43 bits per heavy atom. The number of pyridine rings is 1. The first-order valence-corrected chi connectivity index (χ1v) is 8.41. The van der Waals surface area contributed by atoms with Crippen LogP contribution in [0.3, 0.4) is 0 Å². The van der Waals surface area contributed by atoms with Crippen LogP contribution >= 0.6 is 0 Å². The Kier molecular flexibility index (Phi) is 6.33. The van der Waals surface area contributed by atoms with Crippen molar-refractivity contribution in [2.75, 3.05) is 0 Å². The summed E-state index contributed by atoms with van der Waals surface area (Å²) in [4.78, 5) is 16.3. The third-order valence-electron chi connectivity index (χ3n) is 4.03. The van der Waals surface area contributed by atoms with Gasteiger partial charge in [-0.1, -0.05) is 33.3 Å². The number of benzene rings is 1. The molecule has 0 aliphatic heterocycles. The lowest BCUT2D eigenvalue weighted by Crippen LogP contribution is -2.16. The molecule has 0 fully saturated rings. The van der Waals surface area contributed by atoms with Crippen LogP contribution in [0, 0.1) is 5.92 Å². The molecule has 1 aromatic carbocycles. The zero-order valence-corrected chi connectivity index (χ0v) is 14.2. The molecule has 2 rings (SSSR count). The summed E-state index contributed by atoms with van der Waals surface area (Å²) in [6.07, 6.45) is 6.19. The fourth-order valence-electron chi connectivity index (χ4n) is 2.20. The highest BCUT2D eigenvalue weighted by Crippen LogP contribution is 2.22. The van der Waals surface area contributed by atoms with Crippen molar-refractivity contribution in [3.8, 4) is 17.0 Å². The summed E-state index contributed by atoms with van der Waals surface area (Å²) >= 11 is 0. The predicted octanol–water partition coefficient (Wildman–Crippen LogP) is 5.04. The number of esters is 1. The third-order valence-corrected chi connectivity index (χ3v) is 4.03. The van der Waals surface area contributed by atoms with Crippen LogP contribution in [-0.2, 0) is 11.2 Å². The molecule has 3 nitrogen and oxygen atoms in total. The van der Waals surface area contributed by atoms with Crippen molar-refractivity contribution in [2.24, 2.45) is 5.92 Å². The van der Waals surface area contributed by atoms with Gasteiger partial charge in [-0.05, 0) is 55.2 Å². The summed E-state index contributed by atoms with van der Waals surface area (Å²) in [5.74, 6) is 0.323. The molecule has 1 unspecified atom stereocenters. The lowest BCUT2D eigenvalue weighted by atomic mass is 10.1. The van der Waals surface area contributed by atoms with Crippen molar-refractivity contribution < 1.29 is 9.53 Å². The molecule has 2 aromatic rings. The number of nitrogens with zero attached hydrogens (tertiary/aromatic N) is 1. The molecule has 1 atom stereocenters. The van der Waals surface area contributed by atoms with Crippen molar-refractivity contribution in [3.05, 3.63) is 48.2 Å². The largest absolute Gasteiger partial charge is 0.426 e. The number of hydrogen-bond acceptors (Lipinski definition) is 3. The molecule has 0 aliphatic carbocycles. The topological polar surface area (TPSA) is 39.2 Å². The minimum absolute atomic E-state index is 0.0768. The van der Waals surface area contributed by atoms with Gasteiger partial charge in [-0.15, -0.1) is 0 Å². The lowest BCUT2D eigenvalue weighted by molar-refractivity contribution is -0.138. The van der Waals surface area contributed by atoms with Gasteiger partial charge < -0.3 is 4.74 Å². The van der Waals surface area contributed by atoms with Crippen molar-refractivity contribution >= 4 is 5.97 Å². The molecular formula is C20H25NO2. The van der Waals surface area contributed by atoms with E-state index in [9.17, 15) is 4.79 Å². The van der Waals surface area contributed by atoms with E-state index in [1.54, 1.807) is 0 Å². The smallest absolute Gasteiger partial charge is 0.314 e. The van der Waals surface area contributed by atoms with Crippen molar-refractivity contribution in [1.82, 2.24) is 4.98 Å². The van der Waals surface area contributed by atoms with Crippen molar-refractivity contribution in [3.63, 3.8) is 0 Å². The number of carbonyl (C=O) groups is 1. The number of carbonyl (C=O) groups excluding carboxylic acids is 1. The number of ether oxygens (including phenoxy) is 1. The second kappa shape index (κ2) is 8.47. The van der Waals surface area contributed by atoms with E-state index in [4.69, 9.17) is 4.74 Å². The number of unbranched alkanes of at least 4 members (excludes halogenated alkanes) is 1. The highest BCUT2D eigenvalue weighted by molar-refractivity contribution is 5.75. The van der Waals surface area contributed by atoms with Gasteiger partial charge in [-0.2, -0.15) is 0 Å². The highest BCUT2D eigenvalue weighted by Gasteiger charge is 2.13. The van der Waals surface area contributed by atoms with Crippen LogP contribution in [-0.4, -0.2) is 11.0 Å². The van der Waals surface area contributed by atoms with Crippen molar-refractivity contribution in [2.45, 2.75) is 46.5 Å². The first-order valence-electron chi connectivity index (χ1n) is 8.41. The van der Waals surface area contributed by atoms with Crippen LogP contribution in [0.4, 0.5) is 0 Å². The second-order valence-corrected chi connectivity index (χ2v) is 5.91. The molecule has 1 heterocycles. The van der Waals surface area contributed by atoms with Crippen LogP contribution < -0.4 is 4.74 Å². The van der Waals surface area contributed by atoms with Crippen molar-refractivity contribution in [1.29, 1.82) is 0 Å². The van der Waals surface area contributed by atoms with Gasteiger partial charge in [0.25, 0.3) is 0 Å². The predicted molar refractivity (Wildman–Crippen MR) is 93.4 cm³/mol. The minimum Gasteiger partial charge on any atom is -0.426 e. The molecule has 3 heteroatoms. The molecular weight excluding hydrogens is 286 g/mol. The first-order chi connectivity index (χ1) is 11.1. The summed E-state index contributed by atoms with van der Waals surface area (Å²) in [6.45, 7) is 6.04. The van der Waals surface area contributed by atoms with Crippen LogP contribution in [0.5, 0.6) is 5.75 Å². The molecule has 0 N–H and O–H groups in total. The van der Waals surface area contributed by atoms with Crippen LogP contribution in [0.2, 0.25) is 0 Å². The fourth-order valence-corrected chi connectivity index (χ4v) is 2.20. The molecule has 122 valence electrons. The third kappa shape index (κ3) is 4.92. The molecule has 0 saturated heterocycles. The lowest BCUT2D eigenvalue weighted by Gasteiger charge is -2.09. The molecule has 1 aromatic heterocycles. The van der Waals surface area contributed by atoms with Gasteiger partial charge in [0.15, 0.2) is 0 Å². The summed E-state index contributed by atoms with van der Waals surface area (Å²) in [5.41, 5.74) is 3.23. The van der Waals surface area contributed by atoms with Gasteiger partial charge in [0, 0.05) is 11.8 Å². The van der Waals surface area contributed by atoms with E-state index < -0.39 is 0 Å². The van der Waals surface area contributed by atoms with Crippen LogP contribution in [0.25, 0.3) is 11.3 Å². The van der Waals surface area contributed by atoms with Gasteiger partial charge in [0.2, 0.25) is 0 Å². The van der Waals surface area contributed by atoms with Crippen LogP contribution in [0.1, 0.15) is 45.6 Å². The normalized spacial score (nSPS) is 12.0. The maximum Gasteiger partial charge on any atom is 0.314 e. The maximum absolute atomic E-state index is 11.8. The Balaban J connectivity index is 2.03. The molecule has 0 saturated carbocycles. The van der Waals surface area contributed by atoms with E-state index in [0.717, 1.165) is 24.1 Å². The Hall–Kier alpha value is -2.16. The molecule has 0 aliphatic rings. The Labute approximate surface area is 138 Å². The average molecular weight is 311 g/mol. The van der Waals surface area contributed by atoms with Crippen LogP contribution in [0.15, 0.2) is 42.6 Å². The molecule has 0 amide bonds. The molecule has 0 bridgehead atoms. The summed E-state index contributed by atoms with van der Waals surface area (Å²) in [7, 11) is 0. The fraction of sp³-hybridized carbons (Fsp3) is 0.400. The summed E-state index contributed by atoms with van der Waals surface area (Å²) in [5, 5.41) is 0. The number of rotatable bonds is 7. The van der Waals surface area contributed by atoms with E-state index in [1.165, 1.54) is 18.4 Å². The molecule has 0 radical (unpaired) electrons. The van der Waals surface area contributed by atoms with Gasteiger partial charge in [-0.3, -0.25) is 9.78 Å². The van der Waals surface area contributed by atoms with Gasteiger partial charge in [0.05, 0.1) is 11.6 Å². The van der Waals surface area contributed by atoms with Gasteiger partial charge in [-0.25, -0.2) is 0 Å². The van der Waals surface area contributed by atoms with E-state index in [2.05, 4.69) is 18.0 Å². The first kappa shape index (κ1) is 17.2. The monoisotopic (exact) mass is 311 g/mol. The van der Waals surface area contributed by atoms with E-state index in [0.29, 0.717) is 5.75 Å². The van der Waals surface area contributed by atoms with Gasteiger partial charge >= 0.3 is 5.97 Å².